The molecule has 0 aliphatic rings. The first kappa shape index (κ1) is 13.5. The van der Waals surface area contributed by atoms with Crippen molar-refractivity contribution in [3.8, 4) is 23.6 Å². The summed E-state index contributed by atoms with van der Waals surface area (Å²) in [6, 6.07) is 12.2. The topological polar surface area (TPSA) is 77.0 Å². The summed E-state index contributed by atoms with van der Waals surface area (Å²) in [5.74, 6) is -0.442. The molecule has 0 aliphatic heterocycles. The molecule has 0 spiro atoms. The number of hydrogen-bond acceptors (Lipinski definition) is 4. The fourth-order valence-electron chi connectivity index (χ4n) is 1.67. The summed E-state index contributed by atoms with van der Waals surface area (Å²) in [5.41, 5.74) is 0.543. The molecule has 2 aromatic carbocycles. The van der Waals surface area contributed by atoms with Gasteiger partial charge in [-0.1, -0.05) is 12.1 Å². The van der Waals surface area contributed by atoms with Crippen molar-refractivity contribution in [2.45, 2.75) is 6.61 Å². The van der Waals surface area contributed by atoms with E-state index in [9.17, 15) is 4.39 Å². The number of ether oxygens (including phenoxy) is 1. The zero-order chi connectivity index (χ0) is 14.5. The molecule has 0 aliphatic carbocycles. The molecule has 0 unspecified atom stereocenters. The Hall–Kier alpha value is -2.89. The number of benzene rings is 2. The highest BCUT2D eigenvalue weighted by atomic mass is 19.1. The quantitative estimate of drug-likeness (QED) is 0.928. The summed E-state index contributed by atoms with van der Waals surface area (Å²) in [6.07, 6.45) is 0. The molecule has 20 heavy (non-hydrogen) atoms. The fourth-order valence-corrected chi connectivity index (χ4v) is 1.67. The van der Waals surface area contributed by atoms with Crippen LogP contribution in [0.15, 0.2) is 36.4 Å². The number of halogens is 1. The largest absolute Gasteiger partial charge is 0.454 e. The second-order valence-electron chi connectivity index (χ2n) is 3.93. The fraction of sp³-hybridized carbons (Fsp3) is 0.0667. The Morgan fingerprint density at radius 3 is 2.55 bits per heavy atom. The SMILES string of the molecule is N#Cc1cc(CO)ccc1Oc1cccc(F)c1C#N. The standard InChI is InChI=1S/C15H9FN2O2/c16-13-2-1-3-15(12(13)8-18)20-14-5-4-10(9-19)6-11(14)7-17/h1-6,19H,9H2. The highest BCUT2D eigenvalue weighted by Crippen LogP contribution is 2.29. The van der Waals surface area contributed by atoms with E-state index in [2.05, 4.69) is 0 Å². The normalized spacial score (nSPS) is 9.60. The van der Waals surface area contributed by atoms with Gasteiger partial charge in [0.2, 0.25) is 0 Å². The van der Waals surface area contributed by atoms with Gasteiger partial charge in [0.1, 0.15) is 35.0 Å². The molecule has 0 saturated heterocycles. The summed E-state index contributed by atoms with van der Waals surface area (Å²) in [4.78, 5) is 0. The Morgan fingerprint density at radius 1 is 1.10 bits per heavy atom. The third-order valence-corrected chi connectivity index (χ3v) is 2.65. The molecule has 1 N–H and O–H groups in total. The van der Waals surface area contributed by atoms with E-state index in [0.29, 0.717) is 5.56 Å². The second-order valence-corrected chi connectivity index (χ2v) is 3.93. The van der Waals surface area contributed by atoms with Crippen molar-refractivity contribution < 1.29 is 14.2 Å². The first-order chi connectivity index (χ1) is 9.69. The third-order valence-electron chi connectivity index (χ3n) is 2.65. The number of aliphatic hydroxyl groups excluding tert-OH is 1. The van der Waals surface area contributed by atoms with Crippen LogP contribution in [-0.2, 0) is 6.61 Å². The summed E-state index contributed by atoms with van der Waals surface area (Å²) < 4.78 is 18.9. The lowest BCUT2D eigenvalue weighted by atomic mass is 10.1. The maximum atomic E-state index is 13.5. The van der Waals surface area contributed by atoms with Crippen molar-refractivity contribution in [1.29, 1.82) is 10.5 Å². The van der Waals surface area contributed by atoms with Gasteiger partial charge in [-0.25, -0.2) is 4.39 Å². The van der Waals surface area contributed by atoms with Gasteiger partial charge in [-0.3, -0.25) is 0 Å². The first-order valence-electron chi connectivity index (χ1n) is 5.70. The van der Waals surface area contributed by atoms with E-state index >= 15 is 0 Å². The first-order valence-corrected chi connectivity index (χ1v) is 5.70. The number of nitriles is 2. The minimum absolute atomic E-state index is 0.0424. The van der Waals surface area contributed by atoms with Crippen molar-refractivity contribution in [3.63, 3.8) is 0 Å². The summed E-state index contributed by atoms with van der Waals surface area (Å²) in [5, 5.41) is 27.0. The van der Waals surface area contributed by atoms with Crippen LogP contribution in [-0.4, -0.2) is 5.11 Å². The van der Waals surface area contributed by atoms with Gasteiger partial charge in [-0.15, -0.1) is 0 Å². The van der Waals surface area contributed by atoms with Gasteiger partial charge in [0.05, 0.1) is 12.2 Å². The average molecular weight is 268 g/mol. The minimum atomic E-state index is -0.685. The van der Waals surface area contributed by atoms with Crippen LogP contribution in [0.5, 0.6) is 11.5 Å². The number of hydrogen-bond donors (Lipinski definition) is 1. The van der Waals surface area contributed by atoms with E-state index in [-0.39, 0.29) is 29.2 Å². The lowest BCUT2D eigenvalue weighted by Gasteiger charge is -2.10. The van der Waals surface area contributed by atoms with Crippen molar-refractivity contribution in [3.05, 3.63) is 58.9 Å². The number of aliphatic hydroxyl groups is 1. The molecule has 2 aromatic rings. The zero-order valence-corrected chi connectivity index (χ0v) is 10.3. The van der Waals surface area contributed by atoms with Crippen LogP contribution in [0.3, 0.4) is 0 Å². The van der Waals surface area contributed by atoms with Crippen LogP contribution >= 0.6 is 0 Å². The van der Waals surface area contributed by atoms with Crippen LogP contribution in [0.4, 0.5) is 4.39 Å². The van der Waals surface area contributed by atoms with E-state index in [0.717, 1.165) is 6.07 Å². The molecular formula is C15H9FN2O2. The van der Waals surface area contributed by atoms with Crippen molar-refractivity contribution in [2.24, 2.45) is 0 Å². The Morgan fingerprint density at radius 2 is 1.90 bits per heavy atom. The molecule has 0 radical (unpaired) electrons. The molecule has 0 heterocycles. The van der Waals surface area contributed by atoms with Crippen LogP contribution in [0.25, 0.3) is 0 Å². The van der Waals surface area contributed by atoms with Crippen LogP contribution in [0.2, 0.25) is 0 Å². The minimum Gasteiger partial charge on any atom is -0.454 e. The van der Waals surface area contributed by atoms with Gasteiger partial charge in [0.15, 0.2) is 0 Å². The van der Waals surface area contributed by atoms with E-state index in [4.69, 9.17) is 20.4 Å². The van der Waals surface area contributed by atoms with Gasteiger partial charge in [0, 0.05) is 0 Å². The Kier molecular flexibility index (Phi) is 3.95. The highest BCUT2D eigenvalue weighted by Gasteiger charge is 2.12. The lowest BCUT2D eigenvalue weighted by Crippen LogP contribution is -1.94. The lowest BCUT2D eigenvalue weighted by molar-refractivity contribution is 0.281. The number of rotatable bonds is 3. The summed E-state index contributed by atoms with van der Waals surface area (Å²) >= 11 is 0. The number of nitrogens with zero attached hydrogens (tertiary/aromatic N) is 2. The second kappa shape index (κ2) is 5.83. The molecule has 0 saturated carbocycles. The predicted molar refractivity (Wildman–Crippen MR) is 68.3 cm³/mol. The van der Waals surface area contributed by atoms with Crippen molar-refractivity contribution in [2.75, 3.05) is 0 Å². The monoisotopic (exact) mass is 268 g/mol. The van der Waals surface area contributed by atoms with Gasteiger partial charge in [-0.05, 0) is 29.8 Å². The van der Waals surface area contributed by atoms with Gasteiger partial charge in [-0.2, -0.15) is 10.5 Å². The van der Waals surface area contributed by atoms with E-state index in [1.807, 2.05) is 6.07 Å². The molecule has 4 nitrogen and oxygen atoms in total. The van der Waals surface area contributed by atoms with E-state index in [1.54, 1.807) is 12.1 Å². The zero-order valence-electron chi connectivity index (χ0n) is 10.3. The van der Waals surface area contributed by atoms with E-state index < -0.39 is 5.82 Å². The molecule has 0 atom stereocenters. The van der Waals surface area contributed by atoms with E-state index in [1.165, 1.54) is 24.3 Å². The molecular weight excluding hydrogens is 259 g/mol. The molecule has 0 amide bonds. The Balaban J connectivity index is 2.44. The molecule has 2 rings (SSSR count). The maximum Gasteiger partial charge on any atom is 0.148 e. The van der Waals surface area contributed by atoms with Crippen molar-refractivity contribution in [1.82, 2.24) is 0 Å². The highest BCUT2D eigenvalue weighted by molar-refractivity contribution is 5.51. The van der Waals surface area contributed by atoms with Gasteiger partial charge in [0.25, 0.3) is 0 Å². The Labute approximate surface area is 114 Å². The van der Waals surface area contributed by atoms with Crippen LogP contribution < -0.4 is 4.74 Å². The molecule has 0 aromatic heterocycles. The average Bonchev–Trinajstić information content (AvgIpc) is 2.48. The molecule has 0 fully saturated rings. The summed E-state index contributed by atoms with van der Waals surface area (Å²) in [6.45, 7) is -0.196. The molecule has 0 bridgehead atoms. The predicted octanol–water partition coefficient (Wildman–Crippen LogP) is 2.85. The van der Waals surface area contributed by atoms with Gasteiger partial charge < -0.3 is 9.84 Å². The Bertz CT molecular complexity index is 730. The smallest absolute Gasteiger partial charge is 0.148 e. The summed E-state index contributed by atoms with van der Waals surface area (Å²) in [7, 11) is 0. The van der Waals surface area contributed by atoms with Crippen LogP contribution in [0.1, 0.15) is 16.7 Å². The van der Waals surface area contributed by atoms with Crippen LogP contribution in [0, 0.1) is 28.5 Å². The molecule has 5 heteroatoms. The molecule has 98 valence electrons. The van der Waals surface area contributed by atoms with Gasteiger partial charge >= 0.3 is 0 Å². The maximum absolute atomic E-state index is 13.5. The van der Waals surface area contributed by atoms with Crippen molar-refractivity contribution >= 4 is 0 Å². The third kappa shape index (κ3) is 2.59.